The molecule has 8 heteroatoms. The summed E-state index contributed by atoms with van der Waals surface area (Å²) in [5, 5.41) is 6.15. The van der Waals surface area contributed by atoms with Gasteiger partial charge in [0.05, 0.1) is 11.8 Å². The summed E-state index contributed by atoms with van der Waals surface area (Å²) in [5.74, 6) is -3.49. The van der Waals surface area contributed by atoms with Crippen LogP contribution in [0.3, 0.4) is 0 Å². The molecule has 4 amide bonds. The summed E-state index contributed by atoms with van der Waals surface area (Å²) in [4.78, 5) is 53.7. The Hall–Kier alpha value is -3.52. The van der Waals surface area contributed by atoms with E-state index < -0.39 is 29.3 Å². The third kappa shape index (κ3) is 3.08. The summed E-state index contributed by atoms with van der Waals surface area (Å²) in [7, 11) is 0. The van der Waals surface area contributed by atoms with Crippen molar-refractivity contribution < 1.29 is 19.2 Å². The van der Waals surface area contributed by atoms with Gasteiger partial charge in [-0.3, -0.25) is 29.4 Å². The molecule has 2 aromatic rings. The second-order valence-corrected chi connectivity index (χ2v) is 9.25. The van der Waals surface area contributed by atoms with Crippen molar-refractivity contribution in [2.24, 2.45) is 17.6 Å². The third-order valence-corrected chi connectivity index (χ3v) is 7.14. The second kappa shape index (κ2) is 7.52. The summed E-state index contributed by atoms with van der Waals surface area (Å²) in [6, 6.07) is 12.7. The molecule has 2 saturated heterocycles. The zero-order valence-electron chi connectivity index (χ0n) is 18.6. The molecule has 0 saturated carbocycles. The average molecular weight is 447 g/mol. The fraction of sp³-hybridized carbons (Fsp3) is 0.360. The predicted octanol–water partition coefficient (Wildman–Crippen LogP) is 1.14. The second-order valence-electron chi connectivity index (χ2n) is 9.25. The fourth-order valence-corrected chi connectivity index (χ4v) is 5.82. The molecule has 0 aliphatic carbocycles. The van der Waals surface area contributed by atoms with Gasteiger partial charge in [0.2, 0.25) is 23.6 Å². The minimum atomic E-state index is -1.41. The van der Waals surface area contributed by atoms with Crippen molar-refractivity contribution in [3.8, 4) is 0 Å². The zero-order valence-corrected chi connectivity index (χ0v) is 18.6. The van der Waals surface area contributed by atoms with Crippen LogP contribution in [0.25, 0.3) is 0 Å². The number of rotatable bonds is 5. The van der Waals surface area contributed by atoms with Crippen molar-refractivity contribution in [2.75, 3.05) is 11.9 Å². The van der Waals surface area contributed by atoms with Crippen molar-refractivity contribution in [1.82, 2.24) is 10.2 Å². The van der Waals surface area contributed by atoms with Crippen LogP contribution in [0, 0.1) is 25.7 Å². The van der Waals surface area contributed by atoms with Gasteiger partial charge in [0, 0.05) is 30.3 Å². The van der Waals surface area contributed by atoms with Gasteiger partial charge in [0.15, 0.2) is 0 Å². The highest BCUT2D eigenvalue weighted by molar-refractivity contribution is 6.15. The van der Waals surface area contributed by atoms with E-state index in [1.165, 1.54) is 4.90 Å². The maximum absolute atomic E-state index is 13.7. The largest absolute Gasteiger partial charge is 0.370 e. The standard InChI is InChI=1S/C25H26N4O4/c1-13-10-14(2)21-16(11-13)25(24(33)27-21)20-19(17(28-25)12-18(26)30)22(31)29(23(20)32)9-8-15-6-4-3-5-7-15/h3-7,10-11,17,19-20,28H,8-9,12H2,1-2H3,(H2,26,30)(H,27,33)/t17-,19-,20+,25-/m1/s1. The number of anilines is 1. The smallest absolute Gasteiger partial charge is 0.250 e. The Morgan fingerprint density at radius 1 is 1.09 bits per heavy atom. The Balaban J connectivity index is 1.57. The lowest BCUT2D eigenvalue weighted by atomic mass is 9.76. The van der Waals surface area contributed by atoms with E-state index in [0.29, 0.717) is 17.7 Å². The fourth-order valence-electron chi connectivity index (χ4n) is 5.82. The van der Waals surface area contributed by atoms with Gasteiger partial charge in [-0.25, -0.2) is 0 Å². The predicted molar refractivity (Wildman–Crippen MR) is 121 cm³/mol. The van der Waals surface area contributed by atoms with Gasteiger partial charge in [0.25, 0.3) is 0 Å². The van der Waals surface area contributed by atoms with E-state index in [4.69, 9.17) is 5.73 Å². The third-order valence-electron chi connectivity index (χ3n) is 7.14. The van der Waals surface area contributed by atoms with Crippen LogP contribution >= 0.6 is 0 Å². The molecule has 2 aromatic carbocycles. The normalized spacial score (nSPS) is 27.8. The van der Waals surface area contributed by atoms with Crippen LogP contribution in [-0.2, 0) is 31.1 Å². The number of imide groups is 1. The molecular formula is C25H26N4O4. The molecule has 0 bridgehead atoms. The van der Waals surface area contributed by atoms with Crippen molar-refractivity contribution in [3.63, 3.8) is 0 Å². The van der Waals surface area contributed by atoms with Gasteiger partial charge >= 0.3 is 0 Å². The molecule has 3 aliphatic rings. The maximum atomic E-state index is 13.7. The number of fused-ring (bicyclic) bond motifs is 4. The zero-order chi connectivity index (χ0) is 23.5. The molecule has 0 aromatic heterocycles. The summed E-state index contributed by atoms with van der Waals surface area (Å²) in [6.07, 6.45) is 0.377. The van der Waals surface area contributed by atoms with Crippen molar-refractivity contribution in [1.29, 1.82) is 0 Å². The Kier molecular flexibility index (Phi) is 4.86. The highest BCUT2D eigenvalue weighted by atomic mass is 16.2. The lowest BCUT2D eigenvalue weighted by molar-refractivity contribution is -0.142. The molecule has 3 aliphatic heterocycles. The number of nitrogens with one attached hydrogen (secondary N) is 2. The molecular weight excluding hydrogens is 420 g/mol. The SMILES string of the molecule is Cc1cc(C)c2c(c1)[C@]1(N[C@H](CC(N)=O)[C@H]3C(=O)N(CCc4ccccc4)C(=O)[C@H]31)C(=O)N2. The number of carbonyl (C=O) groups excluding carboxylic acids is 4. The number of carbonyl (C=O) groups is 4. The van der Waals surface area contributed by atoms with Gasteiger partial charge in [-0.2, -0.15) is 0 Å². The Morgan fingerprint density at radius 2 is 1.82 bits per heavy atom. The van der Waals surface area contributed by atoms with Crippen LogP contribution in [-0.4, -0.2) is 41.1 Å². The molecule has 1 spiro atoms. The number of amides is 4. The minimum Gasteiger partial charge on any atom is -0.370 e. The molecule has 0 unspecified atom stereocenters. The topological polar surface area (TPSA) is 122 Å². The summed E-state index contributed by atoms with van der Waals surface area (Å²) in [6.45, 7) is 4.03. The van der Waals surface area contributed by atoms with Gasteiger partial charge in [-0.05, 0) is 31.4 Å². The van der Waals surface area contributed by atoms with Gasteiger partial charge in [0.1, 0.15) is 5.54 Å². The number of hydrogen-bond acceptors (Lipinski definition) is 5. The highest BCUT2D eigenvalue weighted by Crippen LogP contribution is 2.54. The number of nitrogens with two attached hydrogens (primary N) is 1. The van der Waals surface area contributed by atoms with Crippen LogP contribution in [0.4, 0.5) is 5.69 Å². The first kappa shape index (κ1) is 21.3. The lowest BCUT2D eigenvalue weighted by Crippen LogP contribution is -2.53. The molecule has 8 nitrogen and oxygen atoms in total. The first-order valence-corrected chi connectivity index (χ1v) is 11.1. The van der Waals surface area contributed by atoms with Crippen LogP contribution in [0.1, 0.15) is 28.7 Å². The number of benzene rings is 2. The van der Waals surface area contributed by atoms with Crippen LogP contribution in [0.5, 0.6) is 0 Å². The van der Waals surface area contributed by atoms with E-state index in [-0.39, 0.29) is 30.7 Å². The number of likely N-dealkylation sites (tertiary alicyclic amines) is 1. The number of nitrogens with zero attached hydrogens (tertiary/aromatic N) is 1. The quantitative estimate of drug-likeness (QED) is 0.595. The molecule has 4 N–H and O–H groups in total. The van der Waals surface area contributed by atoms with Crippen molar-refractivity contribution >= 4 is 29.3 Å². The molecule has 2 fully saturated rings. The summed E-state index contributed by atoms with van der Waals surface area (Å²) in [5.41, 5.74) is 8.20. The molecule has 170 valence electrons. The molecule has 5 rings (SSSR count). The van der Waals surface area contributed by atoms with Gasteiger partial charge in [-0.1, -0.05) is 48.0 Å². The van der Waals surface area contributed by atoms with Crippen LogP contribution in [0.2, 0.25) is 0 Å². The monoisotopic (exact) mass is 446 g/mol. The average Bonchev–Trinajstić information content (AvgIpc) is 3.33. The minimum absolute atomic E-state index is 0.137. The highest BCUT2D eigenvalue weighted by Gasteiger charge is 2.70. The first-order valence-electron chi connectivity index (χ1n) is 11.1. The van der Waals surface area contributed by atoms with E-state index in [9.17, 15) is 19.2 Å². The van der Waals surface area contributed by atoms with Gasteiger partial charge in [-0.15, -0.1) is 0 Å². The first-order chi connectivity index (χ1) is 15.7. The maximum Gasteiger partial charge on any atom is 0.250 e. The number of aryl methyl sites for hydroxylation is 2. The van der Waals surface area contributed by atoms with Crippen molar-refractivity contribution in [2.45, 2.75) is 38.3 Å². The molecule has 0 radical (unpaired) electrons. The van der Waals surface area contributed by atoms with Crippen molar-refractivity contribution in [3.05, 3.63) is 64.7 Å². The number of primary amides is 1. The van der Waals surface area contributed by atoms with Crippen LogP contribution < -0.4 is 16.4 Å². The van der Waals surface area contributed by atoms with E-state index in [1.54, 1.807) is 0 Å². The van der Waals surface area contributed by atoms with E-state index in [2.05, 4.69) is 10.6 Å². The molecule has 3 heterocycles. The van der Waals surface area contributed by atoms with E-state index in [0.717, 1.165) is 16.7 Å². The Bertz CT molecular complexity index is 1190. The lowest BCUT2D eigenvalue weighted by Gasteiger charge is -2.29. The van der Waals surface area contributed by atoms with E-state index >= 15 is 0 Å². The molecule has 33 heavy (non-hydrogen) atoms. The molecule has 4 atom stereocenters. The Morgan fingerprint density at radius 3 is 2.52 bits per heavy atom. The van der Waals surface area contributed by atoms with E-state index in [1.807, 2.05) is 56.3 Å². The summed E-state index contributed by atoms with van der Waals surface area (Å²) >= 11 is 0. The summed E-state index contributed by atoms with van der Waals surface area (Å²) < 4.78 is 0. The van der Waals surface area contributed by atoms with Gasteiger partial charge < -0.3 is 11.1 Å². The number of hydrogen-bond donors (Lipinski definition) is 3. The van der Waals surface area contributed by atoms with Crippen LogP contribution in [0.15, 0.2) is 42.5 Å². The Labute approximate surface area is 191 Å².